The summed E-state index contributed by atoms with van der Waals surface area (Å²) in [5.74, 6) is -0.248. The third-order valence-corrected chi connectivity index (χ3v) is 2.32. The Labute approximate surface area is 109 Å². The molecule has 0 aliphatic rings. The zero-order chi connectivity index (χ0) is 13.5. The maximum atomic E-state index is 11.3. The summed E-state index contributed by atoms with van der Waals surface area (Å²) in [6.07, 6.45) is 4.59. The van der Waals surface area contributed by atoms with Crippen LogP contribution in [0, 0.1) is 0 Å². The molecule has 98 valence electrons. The van der Waals surface area contributed by atoms with Gasteiger partial charge in [-0.15, -0.1) is 5.10 Å². The van der Waals surface area contributed by atoms with Gasteiger partial charge in [-0.2, -0.15) is 0 Å². The van der Waals surface area contributed by atoms with E-state index < -0.39 is 0 Å². The number of amides is 1. The Balaban J connectivity index is 2.07. The van der Waals surface area contributed by atoms with Crippen molar-refractivity contribution >= 4 is 12.0 Å². The molecule has 7 heteroatoms. The van der Waals surface area contributed by atoms with Crippen LogP contribution in [0.25, 0.3) is 11.8 Å². The van der Waals surface area contributed by atoms with E-state index in [0.717, 1.165) is 11.3 Å². The van der Waals surface area contributed by atoms with E-state index in [0.29, 0.717) is 0 Å². The highest BCUT2D eigenvalue weighted by Crippen LogP contribution is 2.09. The highest BCUT2D eigenvalue weighted by Gasteiger charge is 1.98. The number of benzene rings is 1. The van der Waals surface area contributed by atoms with Crippen LogP contribution >= 0.6 is 0 Å². The average Bonchev–Trinajstić information content (AvgIpc) is 2.97. The van der Waals surface area contributed by atoms with Crippen molar-refractivity contribution in [3.05, 3.63) is 42.2 Å². The fourth-order valence-electron chi connectivity index (χ4n) is 1.46. The third kappa shape index (κ3) is 3.71. The van der Waals surface area contributed by atoms with Crippen molar-refractivity contribution in [3.8, 4) is 5.69 Å². The van der Waals surface area contributed by atoms with Gasteiger partial charge in [0.1, 0.15) is 6.33 Å². The largest absolute Gasteiger partial charge is 0.395 e. The second-order valence-corrected chi connectivity index (χ2v) is 3.70. The van der Waals surface area contributed by atoms with Gasteiger partial charge >= 0.3 is 0 Å². The summed E-state index contributed by atoms with van der Waals surface area (Å²) in [5.41, 5.74) is 1.66. The number of nitrogens with one attached hydrogen (secondary N) is 1. The van der Waals surface area contributed by atoms with Crippen LogP contribution in [0.3, 0.4) is 0 Å². The van der Waals surface area contributed by atoms with Gasteiger partial charge in [0.05, 0.1) is 12.3 Å². The zero-order valence-corrected chi connectivity index (χ0v) is 10.1. The lowest BCUT2D eigenvalue weighted by Crippen LogP contribution is -2.24. The predicted molar refractivity (Wildman–Crippen MR) is 68.3 cm³/mol. The Morgan fingerprint density at radius 1 is 1.47 bits per heavy atom. The normalized spacial score (nSPS) is 10.8. The second kappa shape index (κ2) is 6.41. The maximum Gasteiger partial charge on any atom is 0.244 e. The van der Waals surface area contributed by atoms with Crippen molar-refractivity contribution in [2.75, 3.05) is 13.2 Å². The van der Waals surface area contributed by atoms with E-state index >= 15 is 0 Å². The fourth-order valence-corrected chi connectivity index (χ4v) is 1.46. The minimum absolute atomic E-state index is 0.0750. The topological polar surface area (TPSA) is 92.9 Å². The molecule has 2 N–H and O–H groups in total. The summed E-state index contributed by atoms with van der Waals surface area (Å²) in [5, 5.41) is 22.0. The highest BCUT2D eigenvalue weighted by atomic mass is 16.3. The van der Waals surface area contributed by atoms with E-state index in [1.807, 2.05) is 24.3 Å². The molecule has 0 saturated carbocycles. The van der Waals surface area contributed by atoms with Gasteiger partial charge in [0, 0.05) is 12.6 Å². The van der Waals surface area contributed by atoms with E-state index in [1.54, 1.807) is 6.08 Å². The lowest BCUT2D eigenvalue weighted by atomic mass is 10.2. The molecule has 0 bridgehead atoms. The monoisotopic (exact) mass is 259 g/mol. The van der Waals surface area contributed by atoms with Gasteiger partial charge in [-0.05, 0) is 34.2 Å². The summed E-state index contributed by atoms with van der Waals surface area (Å²) in [7, 11) is 0. The maximum absolute atomic E-state index is 11.3. The van der Waals surface area contributed by atoms with E-state index in [9.17, 15) is 4.79 Å². The van der Waals surface area contributed by atoms with Gasteiger partial charge in [-0.1, -0.05) is 12.1 Å². The third-order valence-electron chi connectivity index (χ3n) is 2.32. The van der Waals surface area contributed by atoms with Crippen molar-refractivity contribution < 1.29 is 9.90 Å². The Bertz CT molecular complexity index is 565. The number of carbonyl (C=O) groups excluding carboxylic acids is 1. The molecule has 2 rings (SSSR count). The molecule has 0 radical (unpaired) electrons. The molecule has 19 heavy (non-hydrogen) atoms. The molecule has 1 aromatic carbocycles. The molecule has 2 aromatic rings. The Hall–Kier alpha value is -2.54. The Morgan fingerprint density at radius 3 is 3.11 bits per heavy atom. The summed E-state index contributed by atoms with van der Waals surface area (Å²) in [6, 6.07) is 7.43. The minimum atomic E-state index is -0.248. The quantitative estimate of drug-likeness (QED) is 0.724. The first-order chi connectivity index (χ1) is 9.29. The molecule has 0 unspecified atom stereocenters. The number of carbonyl (C=O) groups is 1. The number of nitrogens with zero attached hydrogens (tertiary/aromatic N) is 4. The number of hydrogen-bond donors (Lipinski definition) is 2. The van der Waals surface area contributed by atoms with E-state index in [2.05, 4.69) is 20.8 Å². The number of aliphatic hydroxyl groups is 1. The minimum Gasteiger partial charge on any atom is -0.395 e. The van der Waals surface area contributed by atoms with Crippen LogP contribution in [-0.4, -0.2) is 44.4 Å². The number of rotatable bonds is 5. The number of aromatic nitrogens is 4. The standard InChI is InChI=1S/C12H13N5O2/c18-7-6-13-12(19)5-4-10-2-1-3-11(8-10)17-9-14-15-16-17/h1-5,8-9,18H,6-7H2,(H,13,19)/b5-4+. The number of aliphatic hydroxyl groups excluding tert-OH is 1. The number of tetrazole rings is 1. The van der Waals surface area contributed by atoms with Gasteiger partial charge in [0.2, 0.25) is 5.91 Å². The van der Waals surface area contributed by atoms with Gasteiger partial charge in [-0.25, -0.2) is 4.68 Å². The van der Waals surface area contributed by atoms with Gasteiger partial charge < -0.3 is 10.4 Å². The summed E-state index contributed by atoms with van der Waals surface area (Å²) in [4.78, 5) is 11.3. The molecule has 0 aliphatic heterocycles. The number of hydrogen-bond acceptors (Lipinski definition) is 5. The van der Waals surface area contributed by atoms with Crippen LogP contribution in [0.5, 0.6) is 0 Å². The molecule has 1 amide bonds. The van der Waals surface area contributed by atoms with Gasteiger partial charge in [-0.3, -0.25) is 4.79 Å². The summed E-state index contributed by atoms with van der Waals surface area (Å²) in [6.45, 7) is 0.169. The molecular formula is C12H13N5O2. The first-order valence-corrected chi connectivity index (χ1v) is 5.70. The first-order valence-electron chi connectivity index (χ1n) is 5.70. The molecular weight excluding hydrogens is 246 g/mol. The highest BCUT2D eigenvalue weighted by molar-refractivity contribution is 5.91. The van der Waals surface area contributed by atoms with E-state index in [-0.39, 0.29) is 19.1 Å². The SMILES string of the molecule is O=C(/C=C/c1cccc(-n2cnnn2)c1)NCCO. The molecule has 0 spiro atoms. The van der Waals surface area contributed by atoms with Gasteiger partial charge in [0.25, 0.3) is 0 Å². The lowest BCUT2D eigenvalue weighted by Gasteiger charge is -2.01. The van der Waals surface area contributed by atoms with Gasteiger partial charge in [0.15, 0.2) is 0 Å². The van der Waals surface area contributed by atoms with Crippen molar-refractivity contribution in [2.24, 2.45) is 0 Å². The van der Waals surface area contributed by atoms with Crippen LogP contribution in [0.2, 0.25) is 0 Å². The van der Waals surface area contributed by atoms with Crippen LogP contribution in [0.1, 0.15) is 5.56 Å². The van der Waals surface area contributed by atoms with Crippen molar-refractivity contribution in [3.63, 3.8) is 0 Å². The molecule has 7 nitrogen and oxygen atoms in total. The van der Waals surface area contributed by atoms with Crippen LogP contribution in [0.4, 0.5) is 0 Å². The van der Waals surface area contributed by atoms with Crippen LogP contribution in [-0.2, 0) is 4.79 Å². The average molecular weight is 259 g/mol. The Morgan fingerprint density at radius 2 is 2.37 bits per heavy atom. The molecule has 0 saturated heterocycles. The summed E-state index contributed by atoms with van der Waals surface area (Å²) < 4.78 is 1.53. The molecule has 0 aliphatic carbocycles. The van der Waals surface area contributed by atoms with Crippen molar-refractivity contribution in [2.45, 2.75) is 0 Å². The smallest absolute Gasteiger partial charge is 0.244 e. The molecule has 1 heterocycles. The molecule has 1 aromatic heterocycles. The molecule has 0 fully saturated rings. The molecule has 0 atom stereocenters. The van der Waals surface area contributed by atoms with Crippen LogP contribution in [0.15, 0.2) is 36.7 Å². The fraction of sp³-hybridized carbons (Fsp3) is 0.167. The lowest BCUT2D eigenvalue weighted by molar-refractivity contribution is -0.116. The van der Waals surface area contributed by atoms with Crippen LogP contribution < -0.4 is 5.32 Å². The summed E-state index contributed by atoms with van der Waals surface area (Å²) >= 11 is 0. The first kappa shape index (κ1) is 12.9. The van der Waals surface area contributed by atoms with E-state index in [1.165, 1.54) is 17.1 Å². The Kier molecular flexibility index (Phi) is 4.35. The van der Waals surface area contributed by atoms with E-state index in [4.69, 9.17) is 5.11 Å². The second-order valence-electron chi connectivity index (χ2n) is 3.70. The van der Waals surface area contributed by atoms with Crippen molar-refractivity contribution in [1.82, 2.24) is 25.5 Å². The predicted octanol–water partition coefficient (Wildman–Crippen LogP) is -0.216. The zero-order valence-electron chi connectivity index (χ0n) is 10.1. The van der Waals surface area contributed by atoms with Crippen molar-refractivity contribution in [1.29, 1.82) is 0 Å².